The van der Waals surface area contributed by atoms with Gasteiger partial charge in [-0.25, -0.2) is 4.98 Å². The molecule has 5 heteroatoms. The molecule has 0 saturated carbocycles. The lowest BCUT2D eigenvalue weighted by atomic mass is 10.1. The second-order valence-corrected chi connectivity index (χ2v) is 6.45. The minimum absolute atomic E-state index is 0.438. The Morgan fingerprint density at radius 2 is 2.08 bits per heavy atom. The molecule has 1 N–H and O–H groups in total. The summed E-state index contributed by atoms with van der Waals surface area (Å²) in [6, 6.07) is 9.82. The van der Waals surface area contributed by atoms with Gasteiger partial charge in [0.25, 0.3) is 0 Å². The second kappa shape index (κ2) is 9.90. The third-order valence-electron chi connectivity index (χ3n) is 3.89. The molecule has 0 aliphatic heterocycles. The van der Waals surface area contributed by atoms with Crippen molar-refractivity contribution in [3.05, 3.63) is 52.2 Å². The maximum atomic E-state index is 8.87. The van der Waals surface area contributed by atoms with E-state index in [-0.39, 0.29) is 0 Å². The van der Waals surface area contributed by atoms with Crippen molar-refractivity contribution < 1.29 is 4.74 Å². The molecule has 1 aromatic heterocycles. The predicted molar refractivity (Wildman–Crippen MR) is 102 cm³/mol. The fourth-order valence-electron chi connectivity index (χ4n) is 2.46. The van der Waals surface area contributed by atoms with Crippen LogP contribution in [0.3, 0.4) is 0 Å². The van der Waals surface area contributed by atoms with E-state index >= 15 is 0 Å². The van der Waals surface area contributed by atoms with E-state index in [1.807, 2.05) is 6.07 Å². The zero-order valence-corrected chi connectivity index (χ0v) is 15.6. The zero-order chi connectivity index (χ0) is 18.1. The average molecular weight is 358 g/mol. The highest BCUT2D eigenvalue weighted by atomic mass is 35.5. The summed E-state index contributed by atoms with van der Waals surface area (Å²) in [5.74, 6) is 1.46. The number of hydrogen-bond acceptors (Lipinski definition) is 4. The first-order valence-corrected chi connectivity index (χ1v) is 9.03. The van der Waals surface area contributed by atoms with E-state index in [1.165, 1.54) is 31.0 Å². The number of anilines is 1. The van der Waals surface area contributed by atoms with Crippen LogP contribution in [0, 0.1) is 18.3 Å². The highest BCUT2D eigenvalue weighted by molar-refractivity contribution is 6.33. The molecule has 0 aliphatic rings. The molecular weight excluding hydrogens is 334 g/mol. The molecule has 0 saturated heterocycles. The van der Waals surface area contributed by atoms with Gasteiger partial charge in [-0.1, -0.05) is 49.9 Å². The van der Waals surface area contributed by atoms with Crippen molar-refractivity contribution >= 4 is 17.4 Å². The summed E-state index contributed by atoms with van der Waals surface area (Å²) >= 11 is 6.16. The first-order valence-electron chi connectivity index (χ1n) is 8.66. The number of aryl methyl sites for hydroxylation is 1. The number of halogens is 1. The third kappa shape index (κ3) is 5.95. The summed E-state index contributed by atoms with van der Waals surface area (Å²) in [5.41, 5.74) is 2.67. The second-order valence-electron chi connectivity index (χ2n) is 6.04. The van der Waals surface area contributed by atoms with Gasteiger partial charge < -0.3 is 10.1 Å². The van der Waals surface area contributed by atoms with Crippen LogP contribution in [0.2, 0.25) is 5.02 Å². The summed E-state index contributed by atoms with van der Waals surface area (Å²) in [4.78, 5) is 4.20. The minimum Gasteiger partial charge on any atom is -0.493 e. The first kappa shape index (κ1) is 19.1. The van der Waals surface area contributed by atoms with Crippen molar-refractivity contribution in [3.63, 3.8) is 0 Å². The number of aromatic nitrogens is 1. The Hall–Kier alpha value is -2.25. The molecule has 1 heterocycles. The molecule has 0 amide bonds. The zero-order valence-electron chi connectivity index (χ0n) is 14.8. The number of nitrogens with zero attached hydrogens (tertiary/aromatic N) is 2. The van der Waals surface area contributed by atoms with E-state index in [2.05, 4.69) is 42.3 Å². The standard InChI is InChI=1S/C20H24ClN3O/c1-3-4-5-6-9-25-19-10-15(2)7-8-17(19)14-24-20-18(21)11-16(12-22)13-23-20/h7-8,10-11,13H,3-6,9,14H2,1-2H3,(H,23,24). The number of nitriles is 1. The van der Waals surface area contributed by atoms with Gasteiger partial charge in [0.1, 0.15) is 17.6 Å². The van der Waals surface area contributed by atoms with Crippen molar-refractivity contribution in [1.82, 2.24) is 4.98 Å². The van der Waals surface area contributed by atoms with E-state index in [9.17, 15) is 0 Å². The van der Waals surface area contributed by atoms with Crippen molar-refractivity contribution in [1.29, 1.82) is 5.26 Å². The molecule has 0 unspecified atom stereocenters. The lowest BCUT2D eigenvalue weighted by Crippen LogP contribution is -2.06. The fraction of sp³-hybridized carbons (Fsp3) is 0.400. The smallest absolute Gasteiger partial charge is 0.145 e. The van der Waals surface area contributed by atoms with Crippen molar-refractivity contribution in [2.24, 2.45) is 0 Å². The van der Waals surface area contributed by atoms with Gasteiger partial charge in [0.05, 0.1) is 17.2 Å². The summed E-state index contributed by atoms with van der Waals surface area (Å²) in [7, 11) is 0. The molecule has 25 heavy (non-hydrogen) atoms. The number of pyridine rings is 1. The fourth-order valence-corrected chi connectivity index (χ4v) is 2.69. The Morgan fingerprint density at radius 3 is 2.80 bits per heavy atom. The number of rotatable bonds is 9. The minimum atomic E-state index is 0.438. The Kier molecular flexibility index (Phi) is 7.56. The van der Waals surface area contributed by atoms with Gasteiger partial charge in [0.15, 0.2) is 0 Å². The summed E-state index contributed by atoms with van der Waals surface area (Å²) in [6.07, 6.45) is 6.24. The molecule has 132 valence electrons. The molecule has 4 nitrogen and oxygen atoms in total. The van der Waals surface area contributed by atoms with E-state index in [0.717, 1.165) is 24.3 Å². The molecule has 0 fully saturated rings. The molecule has 0 radical (unpaired) electrons. The number of unbranched alkanes of at least 4 members (excludes halogenated alkanes) is 3. The number of hydrogen-bond donors (Lipinski definition) is 1. The van der Waals surface area contributed by atoms with Gasteiger partial charge in [0, 0.05) is 18.3 Å². The van der Waals surface area contributed by atoms with E-state index < -0.39 is 0 Å². The van der Waals surface area contributed by atoms with E-state index in [1.54, 1.807) is 6.07 Å². The molecule has 0 atom stereocenters. The summed E-state index contributed by atoms with van der Waals surface area (Å²) < 4.78 is 5.98. The first-order chi connectivity index (χ1) is 12.1. The SMILES string of the molecule is CCCCCCOc1cc(C)ccc1CNc1ncc(C#N)cc1Cl. The van der Waals surface area contributed by atoms with E-state index in [4.69, 9.17) is 21.6 Å². The topological polar surface area (TPSA) is 57.9 Å². The summed E-state index contributed by atoms with van der Waals surface area (Å²) in [5, 5.41) is 12.5. The Bertz CT molecular complexity index is 740. The van der Waals surface area contributed by atoms with E-state index in [0.29, 0.717) is 22.9 Å². The van der Waals surface area contributed by atoms with Crippen LogP contribution in [0.1, 0.15) is 49.3 Å². The Morgan fingerprint density at radius 1 is 1.24 bits per heavy atom. The van der Waals surface area contributed by atoms with Gasteiger partial charge >= 0.3 is 0 Å². The molecule has 0 aliphatic carbocycles. The van der Waals surface area contributed by atoms with Crippen LogP contribution in [-0.2, 0) is 6.54 Å². The van der Waals surface area contributed by atoms with Crippen molar-refractivity contribution in [2.75, 3.05) is 11.9 Å². The normalized spacial score (nSPS) is 10.3. The van der Waals surface area contributed by atoms with Crippen LogP contribution in [0.25, 0.3) is 0 Å². The molecule has 0 spiro atoms. The van der Waals surface area contributed by atoms with Gasteiger partial charge in [-0.3, -0.25) is 0 Å². The molecule has 2 rings (SSSR count). The van der Waals surface area contributed by atoms with Crippen molar-refractivity contribution in [2.45, 2.75) is 46.1 Å². The quantitative estimate of drug-likeness (QED) is 0.603. The Balaban J connectivity index is 2.00. The van der Waals surface area contributed by atoms with Crippen LogP contribution in [0.4, 0.5) is 5.82 Å². The molecule has 0 bridgehead atoms. The highest BCUT2D eigenvalue weighted by Gasteiger charge is 2.07. The van der Waals surface area contributed by atoms with Crippen LogP contribution >= 0.6 is 11.6 Å². The van der Waals surface area contributed by atoms with Crippen LogP contribution in [0.15, 0.2) is 30.5 Å². The molecular formula is C20H24ClN3O. The lowest BCUT2D eigenvalue weighted by molar-refractivity contribution is 0.302. The third-order valence-corrected chi connectivity index (χ3v) is 4.18. The maximum Gasteiger partial charge on any atom is 0.145 e. The van der Waals surface area contributed by atoms with Crippen LogP contribution in [0.5, 0.6) is 5.75 Å². The predicted octanol–water partition coefficient (Wildman–Crippen LogP) is 5.49. The number of nitrogens with one attached hydrogen (secondary N) is 1. The van der Waals surface area contributed by atoms with Gasteiger partial charge in [0.2, 0.25) is 0 Å². The molecule has 2 aromatic rings. The number of ether oxygens (including phenoxy) is 1. The Labute approximate surface area is 154 Å². The largest absolute Gasteiger partial charge is 0.493 e. The van der Waals surface area contributed by atoms with Crippen LogP contribution < -0.4 is 10.1 Å². The van der Waals surface area contributed by atoms with Gasteiger partial charge in [-0.15, -0.1) is 0 Å². The molecule has 1 aromatic carbocycles. The number of benzene rings is 1. The highest BCUT2D eigenvalue weighted by Crippen LogP contribution is 2.24. The maximum absolute atomic E-state index is 8.87. The monoisotopic (exact) mass is 357 g/mol. The average Bonchev–Trinajstić information content (AvgIpc) is 2.61. The lowest BCUT2D eigenvalue weighted by Gasteiger charge is -2.14. The van der Waals surface area contributed by atoms with Gasteiger partial charge in [-0.05, 0) is 31.0 Å². The van der Waals surface area contributed by atoms with Gasteiger partial charge in [-0.2, -0.15) is 5.26 Å². The van der Waals surface area contributed by atoms with Crippen molar-refractivity contribution in [3.8, 4) is 11.8 Å². The van der Waals surface area contributed by atoms with Crippen LogP contribution in [-0.4, -0.2) is 11.6 Å². The summed E-state index contributed by atoms with van der Waals surface area (Å²) in [6.45, 7) is 5.54.